The second kappa shape index (κ2) is 9.20. The maximum Gasteiger partial charge on any atom is 0.257 e. The lowest BCUT2D eigenvalue weighted by Crippen LogP contribution is -2.30. The first-order valence-corrected chi connectivity index (χ1v) is 10.7. The number of amides is 1. The highest BCUT2D eigenvalue weighted by molar-refractivity contribution is 6.11. The summed E-state index contributed by atoms with van der Waals surface area (Å²) in [7, 11) is 0. The van der Waals surface area contributed by atoms with E-state index < -0.39 is 0 Å². The van der Waals surface area contributed by atoms with Crippen LogP contribution >= 0.6 is 0 Å². The molecule has 5 heteroatoms. The van der Waals surface area contributed by atoms with Gasteiger partial charge in [0.2, 0.25) is 0 Å². The summed E-state index contributed by atoms with van der Waals surface area (Å²) in [5.41, 5.74) is 2.45. The van der Waals surface area contributed by atoms with Crippen molar-refractivity contribution in [3.8, 4) is 0 Å². The molecule has 4 rings (SSSR count). The summed E-state index contributed by atoms with van der Waals surface area (Å²) in [6.45, 7) is 4.69. The number of aromatic nitrogens is 1. The molecule has 1 amide bonds. The van der Waals surface area contributed by atoms with Gasteiger partial charge in [0.15, 0.2) is 5.82 Å². The molecule has 148 valence electrons. The Hall–Kier alpha value is -2.40. The summed E-state index contributed by atoms with van der Waals surface area (Å²) in [5.74, 6) is 0.781. The van der Waals surface area contributed by atoms with Crippen LogP contribution in [0.3, 0.4) is 0 Å². The molecule has 1 fully saturated rings. The molecule has 0 atom stereocenters. The number of benzene rings is 1. The number of carbonyl (C=O) groups excluding carboxylic acids is 1. The SMILES string of the molecule is O=C1Nc2cccnc2N(CCCCCCN2CCCCC2)c2ccccc21. The normalized spacial score (nSPS) is 16.9. The number of para-hydroxylation sites is 1. The van der Waals surface area contributed by atoms with Gasteiger partial charge in [-0.25, -0.2) is 4.98 Å². The number of hydrogen-bond donors (Lipinski definition) is 1. The summed E-state index contributed by atoms with van der Waals surface area (Å²) in [5, 5.41) is 3.01. The van der Waals surface area contributed by atoms with Crippen LogP contribution in [0.25, 0.3) is 0 Å². The molecule has 2 aliphatic heterocycles. The number of nitrogens with zero attached hydrogens (tertiary/aromatic N) is 3. The highest BCUT2D eigenvalue weighted by Crippen LogP contribution is 2.36. The minimum atomic E-state index is -0.0612. The molecule has 1 aromatic heterocycles. The summed E-state index contributed by atoms with van der Waals surface area (Å²) in [6, 6.07) is 11.6. The number of pyridine rings is 1. The number of rotatable bonds is 7. The largest absolute Gasteiger partial charge is 0.324 e. The van der Waals surface area contributed by atoms with Crippen LogP contribution in [-0.4, -0.2) is 42.0 Å². The van der Waals surface area contributed by atoms with Crippen LogP contribution in [0.5, 0.6) is 0 Å². The fourth-order valence-electron chi connectivity index (χ4n) is 4.28. The average molecular weight is 379 g/mol. The Morgan fingerprint density at radius 3 is 2.54 bits per heavy atom. The Kier molecular flexibility index (Phi) is 6.22. The third kappa shape index (κ3) is 4.36. The van der Waals surface area contributed by atoms with E-state index in [9.17, 15) is 4.79 Å². The standard InChI is InChI=1S/C23H30N4O/c28-23-19-11-4-5-13-21(19)27(22-20(25-23)12-10-14-24-22)18-9-2-1-6-15-26-16-7-3-8-17-26/h4-5,10-14H,1-3,6-9,15-18H2,(H,25,28). The monoisotopic (exact) mass is 378 g/mol. The number of fused-ring (bicyclic) bond motifs is 2. The van der Waals surface area contributed by atoms with E-state index in [0.717, 1.165) is 30.2 Å². The van der Waals surface area contributed by atoms with Crippen molar-refractivity contribution in [1.29, 1.82) is 0 Å². The summed E-state index contributed by atoms with van der Waals surface area (Å²) in [4.78, 5) is 22.0. The van der Waals surface area contributed by atoms with Gasteiger partial charge in [0.1, 0.15) is 0 Å². The molecule has 3 heterocycles. The van der Waals surface area contributed by atoms with Crippen molar-refractivity contribution in [2.45, 2.75) is 44.9 Å². The van der Waals surface area contributed by atoms with Gasteiger partial charge >= 0.3 is 0 Å². The molecule has 28 heavy (non-hydrogen) atoms. The summed E-state index contributed by atoms with van der Waals surface area (Å²) >= 11 is 0. The topological polar surface area (TPSA) is 48.5 Å². The Labute approximate surface area is 167 Å². The molecule has 1 saturated heterocycles. The van der Waals surface area contributed by atoms with Gasteiger partial charge in [-0.1, -0.05) is 31.4 Å². The van der Waals surface area contributed by atoms with E-state index in [1.165, 1.54) is 58.2 Å². The van der Waals surface area contributed by atoms with Crippen LogP contribution in [0.15, 0.2) is 42.6 Å². The quantitative estimate of drug-likeness (QED) is 0.701. The Balaban J connectivity index is 1.37. The van der Waals surface area contributed by atoms with Gasteiger partial charge < -0.3 is 15.1 Å². The van der Waals surface area contributed by atoms with Gasteiger partial charge in [0, 0.05) is 12.7 Å². The Bertz CT molecular complexity index is 801. The van der Waals surface area contributed by atoms with Crippen LogP contribution in [0.2, 0.25) is 0 Å². The van der Waals surface area contributed by atoms with Crippen LogP contribution < -0.4 is 10.2 Å². The number of piperidine rings is 1. The van der Waals surface area contributed by atoms with E-state index in [1.54, 1.807) is 6.20 Å². The van der Waals surface area contributed by atoms with Crippen molar-refractivity contribution in [2.24, 2.45) is 0 Å². The van der Waals surface area contributed by atoms with E-state index in [2.05, 4.69) is 20.1 Å². The number of carbonyl (C=O) groups is 1. The fraction of sp³-hybridized carbons (Fsp3) is 0.478. The molecule has 5 nitrogen and oxygen atoms in total. The molecule has 0 unspecified atom stereocenters. The van der Waals surface area contributed by atoms with Crippen molar-refractivity contribution in [3.05, 3.63) is 48.2 Å². The highest BCUT2D eigenvalue weighted by Gasteiger charge is 2.25. The number of nitrogens with one attached hydrogen (secondary N) is 1. The fourth-order valence-corrected chi connectivity index (χ4v) is 4.28. The Morgan fingerprint density at radius 1 is 0.893 bits per heavy atom. The van der Waals surface area contributed by atoms with Crippen LogP contribution in [0, 0.1) is 0 Å². The third-order valence-electron chi connectivity index (χ3n) is 5.78. The van der Waals surface area contributed by atoms with E-state index in [0.29, 0.717) is 5.56 Å². The van der Waals surface area contributed by atoms with Gasteiger partial charge in [-0.2, -0.15) is 0 Å². The predicted octanol–water partition coefficient (Wildman–Crippen LogP) is 4.83. The molecule has 2 aliphatic rings. The molecule has 0 aliphatic carbocycles. The maximum absolute atomic E-state index is 12.6. The third-order valence-corrected chi connectivity index (χ3v) is 5.78. The molecular weight excluding hydrogens is 348 g/mol. The Morgan fingerprint density at radius 2 is 1.68 bits per heavy atom. The van der Waals surface area contributed by atoms with Gasteiger partial charge in [0.05, 0.1) is 16.9 Å². The predicted molar refractivity (Wildman–Crippen MR) is 114 cm³/mol. The van der Waals surface area contributed by atoms with Gasteiger partial charge in [-0.3, -0.25) is 4.79 Å². The molecule has 1 N–H and O–H groups in total. The number of anilines is 3. The van der Waals surface area contributed by atoms with Gasteiger partial charge in [-0.15, -0.1) is 0 Å². The average Bonchev–Trinajstić information content (AvgIpc) is 2.86. The first-order valence-electron chi connectivity index (χ1n) is 10.7. The molecule has 0 saturated carbocycles. The van der Waals surface area contributed by atoms with Crippen molar-refractivity contribution < 1.29 is 4.79 Å². The first kappa shape index (κ1) is 18.9. The van der Waals surface area contributed by atoms with E-state index in [4.69, 9.17) is 0 Å². The van der Waals surface area contributed by atoms with Crippen molar-refractivity contribution in [1.82, 2.24) is 9.88 Å². The van der Waals surface area contributed by atoms with E-state index in [1.807, 2.05) is 36.4 Å². The molecular formula is C23H30N4O. The second-order valence-corrected chi connectivity index (χ2v) is 7.81. The van der Waals surface area contributed by atoms with Crippen molar-refractivity contribution in [3.63, 3.8) is 0 Å². The van der Waals surface area contributed by atoms with Crippen molar-refractivity contribution in [2.75, 3.05) is 36.4 Å². The second-order valence-electron chi connectivity index (χ2n) is 7.81. The van der Waals surface area contributed by atoms with E-state index >= 15 is 0 Å². The number of unbranched alkanes of at least 4 members (excludes halogenated alkanes) is 3. The van der Waals surface area contributed by atoms with Crippen molar-refractivity contribution >= 4 is 23.1 Å². The minimum absolute atomic E-state index is 0.0612. The lowest BCUT2D eigenvalue weighted by atomic mass is 10.1. The molecule has 0 spiro atoms. The maximum atomic E-state index is 12.6. The van der Waals surface area contributed by atoms with E-state index in [-0.39, 0.29) is 5.91 Å². The zero-order chi connectivity index (χ0) is 19.2. The lowest BCUT2D eigenvalue weighted by molar-refractivity contribution is 0.102. The van der Waals surface area contributed by atoms with Crippen LogP contribution in [0.4, 0.5) is 17.2 Å². The molecule has 1 aromatic carbocycles. The zero-order valence-electron chi connectivity index (χ0n) is 16.6. The lowest BCUT2D eigenvalue weighted by Gasteiger charge is -2.26. The molecule has 0 bridgehead atoms. The smallest absolute Gasteiger partial charge is 0.257 e. The summed E-state index contributed by atoms with van der Waals surface area (Å²) in [6.07, 6.45) is 10.8. The molecule has 2 aromatic rings. The number of hydrogen-bond acceptors (Lipinski definition) is 4. The van der Waals surface area contributed by atoms with Crippen LogP contribution in [-0.2, 0) is 0 Å². The summed E-state index contributed by atoms with van der Waals surface area (Å²) < 4.78 is 0. The minimum Gasteiger partial charge on any atom is -0.324 e. The highest BCUT2D eigenvalue weighted by atomic mass is 16.1. The van der Waals surface area contributed by atoms with Gasteiger partial charge in [0.25, 0.3) is 5.91 Å². The van der Waals surface area contributed by atoms with Crippen LogP contribution in [0.1, 0.15) is 55.3 Å². The zero-order valence-corrected chi connectivity index (χ0v) is 16.6. The number of likely N-dealkylation sites (tertiary alicyclic amines) is 1. The van der Waals surface area contributed by atoms with Gasteiger partial charge in [-0.05, 0) is 69.6 Å². The molecule has 0 radical (unpaired) electrons. The first-order chi connectivity index (χ1) is 13.8.